The van der Waals surface area contributed by atoms with Gasteiger partial charge in [0.05, 0.1) is 6.42 Å². The summed E-state index contributed by atoms with van der Waals surface area (Å²) in [7, 11) is 1.61. The van der Waals surface area contributed by atoms with E-state index in [-0.39, 0.29) is 5.57 Å². The van der Waals surface area contributed by atoms with Crippen LogP contribution < -0.4 is 5.32 Å². The molecule has 0 saturated carbocycles. The van der Waals surface area contributed by atoms with E-state index in [2.05, 4.69) is 16.9 Å². The Hall–Kier alpha value is -1.52. The molecule has 0 aromatic carbocycles. The fourth-order valence-electron chi connectivity index (χ4n) is 1.38. The van der Waals surface area contributed by atoms with Crippen LogP contribution >= 0.6 is 0 Å². The number of nitrogens with one attached hydrogen (secondary N) is 1. The van der Waals surface area contributed by atoms with Crippen LogP contribution in [0, 0.1) is 6.92 Å². The summed E-state index contributed by atoms with van der Waals surface area (Å²) in [5.41, 5.74) is 1.24. The Balaban J connectivity index is 3.02. The van der Waals surface area contributed by atoms with E-state index in [0.717, 1.165) is 5.56 Å². The molecular formula is C11H13F3N2. The van der Waals surface area contributed by atoms with Gasteiger partial charge in [-0.25, -0.2) is 4.98 Å². The van der Waals surface area contributed by atoms with Crippen LogP contribution in [0.4, 0.5) is 19.0 Å². The molecule has 16 heavy (non-hydrogen) atoms. The molecule has 88 valence electrons. The molecule has 1 heterocycles. The quantitative estimate of drug-likeness (QED) is 0.860. The summed E-state index contributed by atoms with van der Waals surface area (Å²) >= 11 is 0. The van der Waals surface area contributed by atoms with Gasteiger partial charge in [-0.1, -0.05) is 6.58 Å². The van der Waals surface area contributed by atoms with Gasteiger partial charge in [-0.15, -0.1) is 0 Å². The van der Waals surface area contributed by atoms with Gasteiger partial charge in [0.15, 0.2) is 0 Å². The molecule has 0 fully saturated rings. The summed E-state index contributed by atoms with van der Waals surface area (Å²) < 4.78 is 36.7. The second-order valence-electron chi connectivity index (χ2n) is 3.55. The molecule has 0 radical (unpaired) electrons. The molecule has 1 rings (SSSR count). The molecule has 1 aromatic heterocycles. The Bertz CT molecular complexity index is 397. The molecule has 1 N–H and O–H groups in total. The third-order valence-corrected chi connectivity index (χ3v) is 2.06. The number of anilines is 1. The highest BCUT2D eigenvalue weighted by Gasteiger charge is 2.29. The first-order valence-electron chi connectivity index (χ1n) is 4.73. The van der Waals surface area contributed by atoms with Gasteiger partial charge < -0.3 is 5.32 Å². The second-order valence-corrected chi connectivity index (χ2v) is 3.55. The van der Waals surface area contributed by atoms with Gasteiger partial charge in [-0.2, -0.15) is 13.2 Å². The average molecular weight is 230 g/mol. The number of hydrogen-bond acceptors (Lipinski definition) is 2. The molecule has 0 amide bonds. The lowest BCUT2D eigenvalue weighted by Gasteiger charge is -2.13. The first kappa shape index (κ1) is 12.5. The highest BCUT2D eigenvalue weighted by atomic mass is 19.4. The van der Waals surface area contributed by atoms with Crippen LogP contribution in [0.15, 0.2) is 18.8 Å². The molecule has 5 heteroatoms. The molecule has 0 aliphatic carbocycles. The first-order valence-corrected chi connectivity index (χ1v) is 4.73. The van der Waals surface area contributed by atoms with Gasteiger partial charge in [-0.3, -0.25) is 0 Å². The van der Waals surface area contributed by atoms with Crippen LogP contribution in [0.2, 0.25) is 0 Å². The number of nitrogens with zero attached hydrogens (tertiary/aromatic N) is 1. The van der Waals surface area contributed by atoms with Crippen molar-refractivity contribution in [3.05, 3.63) is 30.0 Å². The van der Waals surface area contributed by atoms with E-state index in [4.69, 9.17) is 0 Å². The lowest BCUT2D eigenvalue weighted by molar-refractivity contribution is -0.122. The zero-order chi connectivity index (χ0) is 12.3. The number of halogens is 3. The Morgan fingerprint density at radius 2 is 2.12 bits per heavy atom. The highest BCUT2D eigenvalue weighted by Crippen LogP contribution is 2.32. The van der Waals surface area contributed by atoms with Crippen molar-refractivity contribution in [1.82, 2.24) is 4.98 Å². The maximum atomic E-state index is 12.2. The van der Waals surface area contributed by atoms with Crippen molar-refractivity contribution < 1.29 is 13.2 Å². The van der Waals surface area contributed by atoms with E-state index in [1.165, 1.54) is 0 Å². The molecule has 0 bridgehead atoms. The molecule has 2 nitrogen and oxygen atoms in total. The third-order valence-electron chi connectivity index (χ3n) is 2.06. The van der Waals surface area contributed by atoms with Gasteiger partial charge in [0.1, 0.15) is 5.82 Å². The number of aryl methyl sites for hydroxylation is 1. The van der Waals surface area contributed by atoms with Crippen LogP contribution in [0.25, 0.3) is 5.57 Å². The Kier molecular flexibility index (Phi) is 3.57. The molecule has 0 spiro atoms. The average Bonchev–Trinajstić information content (AvgIpc) is 2.15. The summed E-state index contributed by atoms with van der Waals surface area (Å²) in [6.45, 7) is 5.23. The van der Waals surface area contributed by atoms with E-state index < -0.39 is 12.6 Å². The molecule has 0 aliphatic heterocycles. The zero-order valence-electron chi connectivity index (χ0n) is 9.15. The third kappa shape index (κ3) is 3.25. The fraction of sp³-hybridized carbons (Fsp3) is 0.364. The number of alkyl halides is 3. The van der Waals surface area contributed by atoms with E-state index in [0.29, 0.717) is 11.4 Å². The van der Waals surface area contributed by atoms with Crippen molar-refractivity contribution in [3.8, 4) is 0 Å². The normalized spacial score (nSPS) is 11.3. The minimum atomic E-state index is -4.24. The predicted octanol–water partition coefficient (Wildman–Crippen LogP) is 3.40. The van der Waals surface area contributed by atoms with Crippen LogP contribution in [0.3, 0.4) is 0 Å². The van der Waals surface area contributed by atoms with E-state index >= 15 is 0 Å². The molecule has 0 unspecified atom stereocenters. The number of aromatic nitrogens is 1. The standard InChI is InChI=1S/C11H13F3N2/c1-7-4-9(10(15-3)16-6-7)8(2)5-11(12,13)14/h4,6H,2,5H2,1,3H3,(H,15,16). The number of hydrogen-bond donors (Lipinski definition) is 1. The first-order chi connectivity index (χ1) is 7.33. The van der Waals surface area contributed by atoms with E-state index in [1.807, 2.05) is 0 Å². The van der Waals surface area contributed by atoms with Gasteiger partial charge in [-0.05, 0) is 24.1 Å². The Morgan fingerprint density at radius 1 is 1.50 bits per heavy atom. The summed E-state index contributed by atoms with van der Waals surface area (Å²) in [5, 5.41) is 2.75. The minimum Gasteiger partial charge on any atom is -0.373 e. The Labute approximate surface area is 92.2 Å². The highest BCUT2D eigenvalue weighted by molar-refractivity contribution is 5.73. The molecule has 0 saturated heterocycles. The van der Waals surface area contributed by atoms with Crippen molar-refractivity contribution in [2.75, 3.05) is 12.4 Å². The maximum Gasteiger partial charge on any atom is 0.393 e. The number of pyridine rings is 1. The minimum absolute atomic E-state index is 0.0213. The van der Waals surface area contributed by atoms with E-state index in [1.54, 1.807) is 26.2 Å². The van der Waals surface area contributed by atoms with Crippen LogP contribution in [0.1, 0.15) is 17.5 Å². The van der Waals surface area contributed by atoms with E-state index in [9.17, 15) is 13.2 Å². The fourth-order valence-corrected chi connectivity index (χ4v) is 1.38. The zero-order valence-corrected chi connectivity index (χ0v) is 9.15. The summed E-state index contributed by atoms with van der Waals surface area (Å²) in [6, 6.07) is 1.65. The number of rotatable bonds is 3. The monoisotopic (exact) mass is 230 g/mol. The molecule has 0 aliphatic rings. The van der Waals surface area contributed by atoms with Gasteiger partial charge >= 0.3 is 6.18 Å². The lowest BCUT2D eigenvalue weighted by Crippen LogP contribution is -2.09. The van der Waals surface area contributed by atoms with Crippen molar-refractivity contribution in [2.24, 2.45) is 0 Å². The van der Waals surface area contributed by atoms with Crippen LogP contribution in [0.5, 0.6) is 0 Å². The van der Waals surface area contributed by atoms with Crippen LogP contribution in [-0.4, -0.2) is 18.2 Å². The van der Waals surface area contributed by atoms with Crippen molar-refractivity contribution in [2.45, 2.75) is 19.5 Å². The van der Waals surface area contributed by atoms with Crippen molar-refractivity contribution in [3.63, 3.8) is 0 Å². The molecular weight excluding hydrogens is 217 g/mol. The van der Waals surface area contributed by atoms with Crippen molar-refractivity contribution in [1.29, 1.82) is 0 Å². The largest absolute Gasteiger partial charge is 0.393 e. The topological polar surface area (TPSA) is 24.9 Å². The maximum absolute atomic E-state index is 12.2. The smallest absolute Gasteiger partial charge is 0.373 e. The second kappa shape index (κ2) is 4.55. The predicted molar refractivity (Wildman–Crippen MR) is 58.2 cm³/mol. The van der Waals surface area contributed by atoms with Gasteiger partial charge in [0.25, 0.3) is 0 Å². The van der Waals surface area contributed by atoms with Crippen LogP contribution in [-0.2, 0) is 0 Å². The van der Waals surface area contributed by atoms with Gasteiger partial charge in [0, 0.05) is 18.8 Å². The summed E-state index contributed by atoms with van der Waals surface area (Å²) in [6.07, 6.45) is -3.67. The summed E-state index contributed by atoms with van der Waals surface area (Å²) in [4.78, 5) is 4.01. The van der Waals surface area contributed by atoms with Gasteiger partial charge in [0.2, 0.25) is 0 Å². The lowest BCUT2D eigenvalue weighted by atomic mass is 10.0. The Morgan fingerprint density at radius 3 is 2.62 bits per heavy atom. The molecule has 0 atom stereocenters. The molecule has 1 aromatic rings. The summed E-state index contributed by atoms with van der Waals surface area (Å²) in [5.74, 6) is 0.417. The SMILES string of the molecule is C=C(CC(F)(F)F)c1cc(C)cnc1NC. The van der Waals surface area contributed by atoms with Crippen molar-refractivity contribution >= 4 is 11.4 Å². The number of allylic oxidation sites excluding steroid dienone is 1.